The molecule has 0 bridgehead atoms. The van der Waals surface area contributed by atoms with E-state index in [0.29, 0.717) is 17.6 Å². The Morgan fingerprint density at radius 1 is 1.19 bits per heavy atom. The van der Waals surface area contributed by atoms with Crippen molar-refractivity contribution in [3.63, 3.8) is 0 Å². The molecule has 3 nitrogen and oxygen atoms in total. The zero-order valence-corrected chi connectivity index (χ0v) is 12.6. The van der Waals surface area contributed by atoms with Crippen molar-refractivity contribution < 1.29 is 13.5 Å². The second-order valence-electron chi connectivity index (χ2n) is 4.21. The van der Waals surface area contributed by atoms with Crippen LogP contribution >= 0.6 is 23.2 Å². The Labute approximate surface area is 130 Å². The molecule has 0 aliphatic carbocycles. The molecule has 112 valence electrons. The standard InChI is InChI=1S/C14H12Cl2F2N2O/c1-2-5-19-13-10(17)7-11(18)14(20-13)21-12-6-8(15)3-4-9(12)16/h3-4,6-7H,2,5H2,1H3,(H,19,20). The molecule has 0 aliphatic rings. The van der Waals surface area contributed by atoms with Gasteiger partial charge in [0.15, 0.2) is 17.5 Å². The molecule has 0 radical (unpaired) electrons. The van der Waals surface area contributed by atoms with Gasteiger partial charge in [0.2, 0.25) is 0 Å². The van der Waals surface area contributed by atoms with Crippen LogP contribution in [0.3, 0.4) is 0 Å². The highest BCUT2D eigenvalue weighted by molar-refractivity contribution is 6.34. The van der Waals surface area contributed by atoms with Gasteiger partial charge in [-0.1, -0.05) is 30.1 Å². The number of benzene rings is 1. The van der Waals surface area contributed by atoms with E-state index >= 15 is 0 Å². The monoisotopic (exact) mass is 332 g/mol. The molecule has 0 amide bonds. The molecule has 0 aliphatic heterocycles. The summed E-state index contributed by atoms with van der Waals surface area (Å²) in [6.07, 6.45) is 0.773. The minimum absolute atomic E-state index is 0.0774. The third-order valence-corrected chi connectivity index (χ3v) is 3.09. The van der Waals surface area contributed by atoms with E-state index in [4.69, 9.17) is 27.9 Å². The van der Waals surface area contributed by atoms with Crippen molar-refractivity contribution >= 4 is 29.0 Å². The van der Waals surface area contributed by atoms with Crippen molar-refractivity contribution in [2.75, 3.05) is 11.9 Å². The largest absolute Gasteiger partial charge is 0.435 e. The highest BCUT2D eigenvalue weighted by atomic mass is 35.5. The van der Waals surface area contributed by atoms with Gasteiger partial charge in [-0.25, -0.2) is 8.78 Å². The maximum Gasteiger partial charge on any atom is 0.258 e. The van der Waals surface area contributed by atoms with E-state index < -0.39 is 11.6 Å². The Balaban J connectivity index is 2.32. The summed E-state index contributed by atoms with van der Waals surface area (Å²) in [4.78, 5) is 3.79. The van der Waals surface area contributed by atoms with Crippen LogP contribution in [-0.4, -0.2) is 11.5 Å². The fourth-order valence-electron chi connectivity index (χ4n) is 1.55. The number of hydrogen-bond donors (Lipinski definition) is 1. The maximum absolute atomic E-state index is 13.7. The molecule has 0 fully saturated rings. The van der Waals surface area contributed by atoms with Crippen LogP contribution in [0.15, 0.2) is 24.3 Å². The van der Waals surface area contributed by atoms with Gasteiger partial charge in [0.05, 0.1) is 5.02 Å². The SMILES string of the molecule is CCCNc1nc(Oc2cc(Cl)ccc2Cl)c(F)cc1F. The number of halogens is 4. The summed E-state index contributed by atoms with van der Waals surface area (Å²) in [5, 5.41) is 3.37. The number of pyridine rings is 1. The summed E-state index contributed by atoms with van der Waals surface area (Å²) < 4.78 is 32.6. The van der Waals surface area contributed by atoms with Crippen molar-refractivity contribution in [2.24, 2.45) is 0 Å². The van der Waals surface area contributed by atoms with Crippen LogP contribution in [0.1, 0.15) is 13.3 Å². The molecule has 0 atom stereocenters. The van der Waals surface area contributed by atoms with Crippen molar-refractivity contribution in [1.82, 2.24) is 4.98 Å². The second kappa shape index (κ2) is 6.91. The summed E-state index contributed by atoms with van der Waals surface area (Å²) in [6.45, 7) is 2.42. The number of anilines is 1. The van der Waals surface area contributed by atoms with Gasteiger partial charge >= 0.3 is 0 Å². The summed E-state index contributed by atoms with van der Waals surface area (Å²) >= 11 is 11.8. The van der Waals surface area contributed by atoms with Gasteiger partial charge in [0.1, 0.15) is 5.75 Å². The average Bonchev–Trinajstić information content (AvgIpc) is 2.44. The molecular weight excluding hydrogens is 321 g/mol. The predicted molar refractivity (Wildman–Crippen MR) is 79.5 cm³/mol. The smallest absolute Gasteiger partial charge is 0.258 e. The zero-order valence-electron chi connectivity index (χ0n) is 11.1. The van der Waals surface area contributed by atoms with Crippen LogP contribution in [0.5, 0.6) is 11.6 Å². The molecule has 2 aromatic rings. The molecular formula is C14H12Cl2F2N2O. The lowest BCUT2D eigenvalue weighted by Crippen LogP contribution is -2.06. The lowest BCUT2D eigenvalue weighted by molar-refractivity contribution is 0.418. The van der Waals surface area contributed by atoms with Crippen LogP contribution in [0, 0.1) is 11.6 Å². The van der Waals surface area contributed by atoms with E-state index in [1.165, 1.54) is 12.1 Å². The van der Waals surface area contributed by atoms with Crippen LogP contribution in [0.25, 0.3) is 0 Å². The number of hydrogen-bond acceptors (Lipinski definition) is 3. The summed E-state index contributed by atoms with van der Waals surface area (Å²) in [7, 11) is 0. The average molecular weight is 333 g/mol. The Hall–Kier alpha value is -1.59. The van der Waals surface area contributed by atoms with Gasteiger partial charge in [-0.05, 0) is 18.6 Å². The summed E-state index contributed by atoms with van der Waals surface area (Å²) in [5.74, 6) is -2.02. The van der Waals surface area contributed by atoms with Crippen molar-refractivity contribution in [3.05, 3.63) is 45.9 Å². The second-order valence-corrected chi connectivity index (χ2v) is 5.05. The normalized spacial score (nSPS) is 10.5. The number of rotatable bonds is 5. The first-order chi connectivity index (χ1) is 10.0. The van der Waals surface area contributed by atoms with E-state index in [-0.39, 0.29) is 22.5 Å². The van der Waals surface area contributed by atoms with Gasteiger partial charge < -0.3 is 10.1 Å². The minimum atomic E-state index is -0.925. The molecule has 1 heterocycles. The molecule has 0 saturated carbocycles. The van der Waals surface area contributed by atoms with E-state index in [9.17, 15) is 8.78 Å². The fraction of sp³-hybridized carbons (Fsp3) is 0.214. The number of ether oxygens (including phenoxy) is 1. The highest BCUT2D eigenvalue weighted by Gasteiger charge is 2.15. The molecule has 1 aromatic carbocycles. The highest BCUT2D eigenvalue weighted by Crippen LogP contribution is 2.33. The predicted octanol–water partition coefficient (Wildman–Crippen LogP) is 5.28. The van der Waals surface area contributed by atoms with Gasteiger partial charge in [-0.15, -0.1) is 0 Å². The fourth-order valence-corrected chi connectivity index (χ4v) is 1.87. The molecule has 2 rings (SSSR count). The van der Waals surface area contributed by atoms with Gasteiger partial charge in [-0.2, -0.15) is 4.98 Å². The van der Waals surface area contributed by atoms with E-state index in [1.54, 1.807) is 6.07 Å². The number of aromatic nitrogens is 1. The molecule has 1 N–H and O–H groups in total. The van der Waals surface area contributed by atoms with Gasteiger partial charge in [0, 0.05) is 23.7 Å². The molecule has 0 unspecified atom stereocenters. The van der Waals surface area contributed by atoms with Crippen LogP contribution in [0.2, 0.25) is 10.0 Å². The summed E-state index contributed by atoms with van der Waals surface area (Å²) in [6, 6.07) is 5.21. The molecule has 21 heavy (non-hydrogen) atoms. The van der Waals surface area contributed by atoms with Gasteiger partial charge in [0.25, 0.3) is 5.88 Å². The quantitative estimate of drug-likeness (QED) is 0.808. The zero-order chi connectivity index (χ0) is 15.4. The first-order valence-electron chi connectivity index (χ1n) is 6.24. The lowest BCUT2D eigenvalue weighted by atomic mass is 10.3. The third-order valence-electron chi connectivity index (χ3n) is 2.54. The minimum Gasteiger partial charge on any atom is -0.435 e. The molecule has 0 saturated heterocycles. The first-order valence-corrected chi connectivity index (χ1v) is 6.99. The lowest BCUT2D eigenvalue weighted by Gasteiger charge is -2.11. The van der Waals surface area contributed by atoms with E-state index in [0.717, 1.165) is 6.42 Å². The Morgan fingerprint density at radius 2 is 1.95 bits per heavy atom. The number of nitrogens with zero attached hydrogens (tertiary/aromatic N) is 1. The van der Waals surface area contributed by atoms with Crippen LogP contribution < -0.4 is 10.1 Å². The third kappa shape index (κ3) is 3.95. The van der Waals surface area contributed by atoms with Crippen molar-refractivity contribution in [2.45, 2.75) is 13.3 Å². The maximum atomic E-state index is 13.7. The van der Waals surface area contributed by atoms with Crippen LogP contribution in [0.4, 0.5) is 14.6 Å². The van der Waals surface area contributed by atoms with Crippen molar-refractivity contribution in [3.8, 4) is 11.6 Å². The Morgan fingerprint density at radius 3 is 2.67 bits per heavy atom. The summed E-state index contributed by atoms with van der Waals surface area (Å²) in [5.41, 5.74) is 0. The topological polar surface area (TPSA) is 34.2 Å². The molecule has 0 spiro atoms. The van der Waals surface area contributed by atoms with Crippen LogP contribution in [-0.2, 0) is 0 Å². The number of nitrogens with one attached hydrogen (secondary N) is 1. The Bertz CT molecular complexity index is 653. The first kappa shape index (κ1) is 15.8. The van der Waals surface area contributed by atoms with E-state index in [1.807, 2.05) is 6.92 Å². The van der Waals surface area contributed by atoms with Crippen molar-refractivity contribution in [1.29, 1.82) is 0 Å². The molecule has 7 heteroatoms. The molecule has 1 aromatic heterocycles. The van der Waals surface area contributed by atoms with Gasteiger partial charge in [-0.3, -0.25) is 0 Å². The van der Waals surface area contributed by atoms with E-state index in [2.05, 4.69) is 10.3 Å². The Kier molecular flexibility index (Phi) is 5.20.